The van der Waals surface area contributed by atoms with Crippen molar-refractivity contribution in [3.05, 3.63) is 0 Å². The van der Waals surface area contributed by atoms with E-state index in [-0.39, 0.29) is 38.1 Å². The van der Waals surface area contributed by atoms with Crippen LogP contribution < -0.4 is 0 Å². The van der Waals surface area contributed by atoms with Crippen LogP contribution in [0, 0.1) is 0 Å². The molecule has 0 aliphatic rings. The van der Waals surface area contributed by atoms with Crippen LogP contribution in [-0.2, 0) is 9.59 Å². The molecule has 0 radical (unpaired) electrons. The first-order valence-electron chi connectivity index (χ1n) is 4.94. The normalized spacial score (nSPS) is 14.6. The Morgan fingerprint density at radius 1 is 1.27 bits per heavy atom. The molecule has 1 atom stereocenters. The standard InChI is InChI=1S/C10H18O5/c1-10(15,5-6-11)7-8(12)3-2-4-9(13)14/h11,15H,2-7H2,1H3,(H,13,14). The second-order valence-corrected chi connectivity index (χ2v) is 3.93. The molecule has 0 spiro atoms. The second-order valence-electron chi connectivity index (χ2n) is 3.93. The van der Waals surface area contributed by atoms with Crippen LogP contribution in [0.2, 0.25) is 0 Å². The number of aliphatic carboxylic acids is 1. The number of ketones is 1. The Balaban J connectivity index is 3.77. The van der Waals surface area contributed by atoms with Gasteiger partial charge in [-0.1, -0.05) is 0 Å². The molecule has 1 unspecified atom stereocenters. The fourth-order valence-electron chi connectivity index (χ4n) is 1.28. The van der Waals surface area contributed by atoms with Crippen LogP contribution in [0.25, 0.3) is 0 Å². The summed E-state index contributed by atoms with van der Waals surface area (Å²) in [6.45, 7) is 1.31. The Morgan fingerprint density at radius 3 is 2.33 bits per heavy atom. The van der Waals surface area contributed by atoms with E-state index in [1.54, 1.807) is 0 Å². The molecule has 15 heavy (non-hydrogen) atoms. The maximum Gasteiger partial charge on any atom is 0.303 e. The van der Waals surface area contributed by atoms with Gasteiger partial charge in [-0.05, 0) is 19.8 Å². The molecule has 0 rings (SSSR count). The zero-order chi connectivity index (χ0) is 11.9. The van der Waals surface area contributed by atoms with Crippen molar-refractivity contribution in [3.8, 4) is 0 Å². The number of carboxylic acid groups (broad SMARTS) is 1. The van der Waals surface area contributed by atoms with Crippen molar-refractivity contribution in [2.75, 3.05) is 6.61 Å². The summed E-state index contributed by atoms with van der Waals surface area (Å²) in [6.07, 6.45) is 0.538. The van der Waals surface area contributed by atoms with Gasteiger partial charge in [0.2, 0.25) is 0 Å². The second kappa shape index (κ2) is 6.53. The van der Waals surface area contributed by atoms with Crippen LogP contribution in [0.4, 0.5) is 0 Å². The third-order valence-electron chi connectivity index (χ3n) is 2.07. The van der Waals surface area contributed by atoms with E-state index < -0.39 is 11.6 Å². The summed E-state index contributed by atoms with van der Waals surface area (Å²) < 4.78 is 0. The summed E-state index contributed by atoms with van der Waals surface area (Å²) in [4.78, 5) is 21.5. The van der Waals surface area contributed by atoms with Gasteiger partial charge in [0.05, 0.1) is 5.60 Å². The van der Waals surface area contributed by atoms with Gasteiger partial charge in [-0.25, -0.2) is 0 Å². The molecular formula is C10H18O5. The van der Waals surface area contributed by atoms with Crippen LogP contribution in [0.15, 0.2) is 0 Å². The quantitative estimate of drug-likeness (QED) is 0.546. The lowest BCUT2D eigenvalue weighted by atomic mass is 9.94. The predicted octanol–water partition coefficient (Wildman–Crippen LogP) is 0.334. The maximum atomic E-state index is 11.3. The van der Waals surface area contributed by atoms with Crippen LogP contribution in [0.1, 0.15) is 39.0 Å². The van der Waals surface area contributed by atoms with E-state index >= 15 is 0 Å². The average Bonchev–Trinajstić information content (AvgIpc) is 2.01. The summed E-state index contributed by atoms with van der Waals surface area (Å²) in [5.74, 6) is -1.10. The average molecular weight is 218 g/mol. The number of carboxylic acids is 1. The smallest absolute Gasteiger partial charge is 0.303 e. The highest BCUT2D eigenvalue weighted by Gasteiger charge is 2.23. The number of Topliss-reactive ketones (excluding diaryl/α,β-unsaturated/α-hetero) is 1. The third kappa shape index (κ3) is 8.08. The summed E-state index contributed by atoms with van der Waals surface area (Å²) in [5, 5.41) is 26.6. The Kier molecular flexibility index (Phi) is 6.12. The zero-order valence-electron chi connectivity index (χ0n) is 8.90. The number of hydrogen-bond donors (Lipinski definition) is 3. The predicted molar refractivity (Wildman–Crippen MR) is 53.4 cm³/mol. The summed E-state index contributed by atoms with van der Waals surface area (Å²) in [5.41, 5.74) is -1.19. The van der Waals surface area contributed by atoms with Gasteiger partial charge in [-0.2, -0.15) is 0 Å². The highest BCUT2D eigenvalue weighted by molar-refractivity contribution is 5.79. The van der Waals surface area contributed by atoms with E-state index in [0.717, 1.165) is 0 Å². The van der Waals surface area contributed by atoms with Crippen molar-refractivity contribution in [2.45, 2.75) is 44.6 Å². The Morgan fingerprint density at radius 2 is 1.87 bits per heavy atom. The van der Waals surface area contributed by atoms with Gasteiger partial charge in [-0.15, -0.1) is 0 Å². The molecule has 0 heterocycles. The number of rotatable bonds is 8. The Bertz CT molecular complexity index is 222. The number of hydrogen-bond acceptors (Lipinski definition) is 4. The summed E-state index contributed by atoms with van der Waals surface area (Å²) in [7, 11) is 0. The van der Waals surface area contributed by atoms with E-state index in [4.69, 9.17) is 10.2 Å². The largest absolute Gasteiger partial charge is 0.481 e. The SMILES string of the molecule is CC(O)(CCO)CC(=O)CCCC(=O)O. The van der Waals surface area contributed by atoms with Gasteiger partial charge in [-0.3, -0.25) is 9.59 Å². The fraction of sp³-hybridized carbons (Fsp3) is 0.800. The number of carbonyl (C=O) groups is 2. The van der Waals surface area contributed by atoms with E-state index in [9.17, 15) is 14.7 Å². The Hall–Kier alpha value is -0.940. The molecule has 0 aromatic rings. The van der Waals surface area contributed by atoms with Crippen molar-refractivity contribution in [1.29, 1.82) is 0 Å². The van der Waals surface area contributed by atoms with Crippen molar-refractivity contribution in [2.24, 2.45) is 0 Å². The van der Waals surface area contributed by atoms with E-state index in [0.29, 0.717) is 6.42 Å². The topological polar surface area (TPSA) is 94.8 Å². The first-order chi connectivity index (χ1) is 6.87. The van der Waals surface area contributed by atoms with Gasteiger partial charge in [0, 0.05) is 25.9 Å². The van der Waals surface area contributed by atoms with Crippen molar-refractivity contribution in [1.82, 2.24) is 0 Å². The molecule has 0 aromatic heterocycles. The molecule has 5 nitrogen and oxygen atoms in total. The molecule has 5 heteroatoms. The lowest BCUT2D eigenvalue weighted by molar-refractivity contribution is -0.137. The van der Waals surface area contributed by atoms with Crippen LogP contribution in [0.3, 0.4) is 0 Å². The summed E-state index contributed by atoms with van der Waals surface area (Å²) >= 11 is 0. The van der Waals surface area contributed by atoms with Gasteiger partial charge in [0.15, 0.2) is 0 Å². The molecule has 3 N–H and O–H groups in total. The van der Waals surface area contributed by atoms with Crippen LogP contribution in [-0.4, -0.2) is 39.3 Å². The van der Waals surface area contributed by atoms with E-state index in [2.05, 4.69) is 0 Å². The van der Waals surface area contributed by atoms with Crippen molar-refractivity contribution in [3.63, 3.8) is 0 Å². The first-order valence-corrected chi connectivity index (χ1v) is 4.94. The molecule has 0 aliphatic heterocycles. The van der Waals surface area contributed by atoms with Crippen LogP contribution in [0.5, 0.6) is 0 Å². The van der Waals surface area contributed by atoms with Crippen molar-refractivity contribution >= 4 is 11.8 Å². The number of aliphatic hydroxyl groups excluding tert-OH is 1. The van der Waals surface area contributed by atoms with E-state index in [1.165, 1.54) is 6.92 Å². The lowest BCUT2D eigenvalue weighted by Crippen LogP contribution is -2.29. The van der Waals surface area contributed by atoms with Gasteiger partial charge in [0.25, 0.3) is 0 Å². The van der Waals surface area contributed by atoms with Gasteiger partial charge < -0.3 is 15.3 Å². The molecule has 0 fully saturated rings. The number of carbonyl (C=O) groups excluding carboxylic acids is 1. The molecule has 0 bridgehead atoms. The Labute approximate surface area is 88.7 Å². The molecule has 88 valence electrons. The third-order valence-corrected chi connectivity index (χ3v) is 2.07. The highest BCUT2D eigenvalue weighted by Crippen LogP contribution is 2.16. The molecule has 0 amide bonds. The minimum atomic E-state index is -1.19. The molecule has 0 saturated carbocycles. The molecule has 0 aliphatic carbocycles. The summed E-state index contributed by atoms with van der Waals surface area (Å²) in [6, 6.07) is 0. The lowest BCUT2D eigenvalue weighted by Gasteiger charge is -2.20. The molecule has 0 aromatic carbocycles. The first kappa shape index (κ1) is 14.1. The number of aliphatic hydroxyl groups is 2. The van der Waals surface area contributed by atoms with E-state index in [1.807, 2.05) is 0 Å². The molecular weight excluding hydrogens is 200 g/mol. The minimum absolute atomic E-state index is 0.0338. The zero-order valence-corrected chi connectivity index (χ0v) is 8.90. The van der Waals surface area contributed by atoms with Crippen LogP contribution >= 0.6 is 0 Å². The maximum absolute atomic E-state index is 11.3. The van der Waals surface area contributed by atoms with Crippen molar-refractivity contribution < 1.29 is 24.9 Å². The minimum Gasteiger partial charge on any atom is -0.481 e. The van der Waals surface area contributed by atoms with Gasteiger partial charge >= 0.3 is 5.97 Å². The van der Waals surface area contributed by atoms with Gasteiger partial charge in [0.1, 0.15) is 5.78 Å². The molecule has 0 saturated heterocycles. The fourth-order valence-corrected chi connectivity index (χ4v) is 1.28. The highest BCUT2D eigenvalue weighted by atomic mass is 16.4. The monoisotopic (exact) mass is 218 g/mol.